The van der Waals surface area contributed by atoms with E-state index in [2.05, 4.69) is 9.47 Å². The van der Waals surface area contributed by atoms with Crippen LogP contribution in [-0.2, 0) is 39.1 Å². The molecule has 0 aliphatic heterocycles. The summed E-state index contributed by atoms with van der Waals surface area (Å²) >= 11 is 0. The number of sulfonamides is 2. The summed E-state index contributed by atoms with van der Waals surface area (Å²) in [7, 11) is -22.1. The molecule has 0 aromatic carbocycles. The Morgan fingerprint density at radius 3 is 0.622 bits per heavy atom. The number of halogens is 42. The molecule has 0 aromatic heterocycles. The zero-order valence-electron chi connectivity index (χ0n) is 36.7. The molecule has 0 fully saturated rings. The Morgan fingerprint density at radius 2 is 0.451 bits per heavy atom. The lowest BCUT2D eigenvalue weighted by Crippen LogP contribution is -2.75. The van der Waals surface area contributed by atoms with Crippen molar-refractivity contribution < 1.29 is 220 Å². The fourth-order valence-corrected chi connectivity index (χ4v) is 7.09. The summed E-state index contributed by atoms with van der Waals surface area (Å²) < 4.78 is 619. The molecule has 0 aliphatic rings. The number of unbranched alkanes of at least 4 members (excludes halogenated alkanes) is 1. The first-order valence-corrected chi connectivity index (χ1v) is 21.0. The minimum absolute atomic E-state index is 1.71. The van der Waals surface area contributed by atoms with Gasteiger partial charge < -0.3 is 9.47 Å². The van der Waals surface area contributed by atoms with Crippen LogP contribution in [-0.4, -0.2) is 170 Å². The summed E-state index contributed by atoms with van der Waals surface area (Å²) in [5.74, 6) is -118. The third-order valence-electron chi connectivity index (χ3n) is 9.74. The number of hydrogen-bond donors (Lipinski definition) is 0. The molecule has 0 bridgehead atoms. The standard InChI is InChI=1S/C28H14F42N2O8S2/c1-71(81(75,76)27(67,68)19(49,50)15(41,42)11(33,34)9(29,30)13(37,38)17(45,46)21(53,54)55)23(59,60)25(63,64)79-7(73)5-3-4-6-8(74)80-26(65,66)24(61,62)72(2)82(77,78)28(69,70)20(51,52)16(43,44)12(35,36)10(31,32)14(39,40)18(47,48)22(56,57)58/h3-6H2,1-2H3. The van der Waals surface area contributed by atoms with Crippen LogP contribution in [0.15, 0.2) is 0 Å². The van der Waals surface area contributed by atoms with Crippen molar-refractivity contribution in [3.63, 3.8) is 0 Å². The summed E-state index contributed by atoms with van der Waals surface area (Å²) in [6, 6.07) is -15.4. The average molecular weight is 1370 g/mol. The van der Waals surface area contributed by atoms with Gasteiger partial charge in [-0.2, -0.15) is 184 Å². The number of likely N-dealkylation sites (N-methyl/N-ethyl adjacent to an activating group) is 2. The molecule has 0 atom stereocenters. The third kappa shape index (κ3) is 10.7. The second-order valence-electron chi connectivity index (χ2n) is 15.1. The molecule has 0 heterocycles. The second-order valence-corrected chi connectivity index (χ2v) is 19.2. The minimum Gasteiger partial charge on any atom is -0.395 e. The van der Waals surface area contributed by atoms with Crippen molar-refractivity contribution in [1.29, 1.82) is 0 Å². The topological polar surface area (TPSA) is 127 Å². The van der Waals surface area contributed by atoms with Gasteiger partial charge in [0.25, 0.3) is 20.0 Å². The van der Waals surface area contributed by atoms with E-state index >= 15 is 0 Å². The Labute approximate surface area is 419 Å². The van der Waals surface area contributed by atoms with Crippen molar-refractivity contribution in [2.75, 3.05) is 14.1 Å². The molecule has 0 N–H and O–H groups in total. The van der Waals surface area contributed by atoms with Gasteiger partial charge in [0.15, 0.2) is 0 Å². The number of hydrogen-bond acceptors (Lipinski definition) is 8. The lowest BCUT2D eigenvalue weighted by atomic mass is 9.91. The Bertz CT molecular complexity index is 2400. The molecule has 0 rings (SSSR count). The van der Waals surface area contributed by atoms with Crippen molar-refractivity contribution in [3.05, 3.63) is 0 Å². The predicted octanol–water partition coefficient (Wildman–Crippen LogP) is 12.5. The van der Waals surface area contributed by atoms with Gasteiger partial charge in [-0.25, -0.2) is 16.8 Å². The van der Waals surface area contributed by atoms with E-state index in [4.69, 9.17) is 0 Å². The highest BCUT2D eigenvalue weighted by Gasteiger charge is 2.99. The molecule has 82 heavy (non-hydrogen) atoms. The van der Waals surface area contributed by atoms with Gasteiger partial charge in [-0.1, -0.05) is 0 Å². The van der Waals surface area contributed by atoms with Crippen LogP contribution in [0.5, 0.6) is 0 Å². The van der Waals surface area contributed by atoms with Gasteiger partial charge in [-0.3, -0.25) is 9.59 Å². The maximum Gasteiger partial charge on any atom is 0.483 e. The number of ether oxygens (including phenoxy) is 2. The first-order chi connectivity index (χ1) is 34.8. The summed E-state index contributed by atoms with van der Waals surface area (Å²) in [4.78, 5) is 23.3. The highest BCUT2D eigenvalue weighted by Crippen LogP contribution is 2.67. The van der Waals surface area contributed by atoms with Crippen LogP contribution < -0.4 is 0 Å². The fourth-order valence-electron chi connectivity index (χ4n) is 4.68. The Morgan fingerprint density at radius 1 is 0.293 bits per heavy atom. The molecule has 0 spiro atoms. The van der Waals surface area contributed by atoms with Crippen LogP contribution in [0.3, 0.4) is 0 Å². The van der Waals surface area contributed by atoms with Gasteiger partial charge in [0.2, 0.25) is 0 Å². The smallest absolute Gasteiger partial charge is 0.395 e. The van der Waals surface area contributed by atoms with Crippen LogP contribution in [0.4, 0.5) is 184 Å². The van der Waals surface area contributed by atoms with Gasteiger partial charge in [0.1, 0.15) is 0 Å². The lowest BCUT2D eigenvalue weighted by molar-refractivity contribution is -0.458. The van der Waals surface area contributed by atoms with Gasteiger partial charge in [0, 0.05) is 26.9 Å². The molecule has 0 saturated carbocycles. The fraction of sp³-hybridized carbons (Fsp3) is 0.929. The zero-order valence-corrected chi connectivity index (χ0v) is 38.3. The molecule has 0 amide bonds. The van der Waals surface area contributed by atoms with Crippen molar-refractivity contribution in [2.45, 2.75) is 144 Å². The largest absolute Gasteiger partial charge is 0.483 e. The monoisotopic (exact) mass is 1370 g/mol. The number of rotatable bonds is 27. The number of carbonyl (C=O) groups is 2. The van der Waals surface area contributed by atoms with E-state index in [0.29, 0.717) is 0 Å². The maximum absolute atomic E-state index is 14.5. The lowest BCUT2D eigenvalue weighted by Gasteiger charge is -2.43. The van der Waals surface area contributed by atoms with Gasteiger partial charge in [-0.05, 0) is 12.8 Å². The van der Waals surface area contributed by atoms with E-state index < -0.39 is 199 Å². The van der Waals surface area contributed by atoms with E-state index in [1.54, 1.807) is 0 Å². The van der Waals surface area contributed by atoms with Crippen molar-refractivity contribution in [3.8, 4) is 0 Å². The maximum atomic E-state index is 14.5. The molecular formula is C28H14F42N2O8S2. The summed E-state index contributed by atoms with van der Waals surface area (Å²) in [5, 5.41) is -17.9. The molecule has 0 radical (unpaired) electrons. The van der Waals surface area contributed by atoms with Gasteiger partial charge in [0.05, 0.1) is 0 Å². The number of alkyl halides is 42. The van der Waals surface area contributed by atoms with E-state index in [1.165, 1.54) is 0 Å². The number of esters is 2. The minimum atomic E-state index is -9.58. The molecule has 10 nitrogen and oxygen atoms in total. The Balaban J connectivity index is 6.57. The second kappa shape index (κ2) is 20.8. The Kier molecular flexibility index (Phi) is 19.7. The summed E-state index contributed by atoms with van der Waals surface area (Å²) in [5.41, 5.74) is 0. The van der Waals surface area contributed by atoms with E-state index in [-0.39, 0.29) is 0 Å². The number of carbonyl (C=O) groups excluding carboxylic acids is 2. The van der Waals surface area contributed by atoms with Crippen molar-refractivity contribution in [2.24, 2.45) is 0 Å². The average Bonchev–Trinajstić information content (AvgIpc) is 3.24. The van der Waals surface area contributed by atoms with Crippen molar-refractivity contribution >= 4 is 32.0 Å². The van der Waals surface area contributed by atoms with E-state index in [0.717, 1.165) is 0 Å². The zero-order chi connectivity index (χ0) is 67.6. The predicted molar refractivity (Wildman–Crippen MR) is 165 cm³/mol. The first kappa shape index (κ1) is 77.8. The molecule has 0 unspecified atom stereocenters. The third-order valence-corrected chi connectivity index (χ3v) is 13.5. The highest BCUT2D eigenvalue weighted by molar-refractivity contribution is 7.90. The molecule has 490 valence electrons. The van der Waals surface area contributed by atoms with E-state index in [1.807, 2.05) is 0 Å². The molecular weight excluding hydrogens is 1350 g/mol. The number of nitrogens with zero attached hydrogens (tertiary/aromatic N) is 2. The summed E-state index contributed by atoms with van der Waals surface area (Å²) in [6.45, 7) is 0. The van der Waals surface area contributed by atoms with Crippen molar-refractivity contribution in [1.82, 2.24) is 8.61 Å². The Hall–Kier alpha value is -4.18. The van der Waals surface area contributed by atoms with Gasteiger partial charge >= 0.3 is 130 Å². The van der Waals surface area contributed by atoms with E-state index in [9.17, 15) is 211 Å². The first-order valence-electron chi connectivity index (χ1n) is 18.2. The van der Waals surface area contributed by atoms with Crippen LogP contribution >= 0.6 is 0 Å². The molecule has 0 aliphatic carbocycles. The van der Waals surface area contributed by atoms with Crippen LogP contribution in [0.1, 0.15) is 25.7 Å². The SMILES string of the molecule is CN(C(F)(F)C(F)(F)OC(=O)CCCCC(=O)OC(F)(F)C(F)(F)N(C)S(=O)(=O)C(F)(F)C(F)(F)C(F)(F)C(F)(F)C(F)(F)C(F)(F)C(F)(F)C(F)(F)F)S(=O)(=O)C(F)(F)C(F)(F)C(F)(F)C(F)(F)C(F)(F)C(F)(F)C(F)(F)C(F)(F)F. The van der Waals surface area contributed by atoms with Crippen LogP contribution in [0, 0.1) is 0 Å². The highest BCUT2D eigenvalue weighted by atomic mass is 32.2. The molecule has 0 aromatic rings. The molecule has 54 heteroatoms. The normalized spacial score (nSPS) is 16.5. The van der Waals surface area contributed by atoms with Crippen LogP contribution in [0.2, 0.25) is 0 Å². The quantitative estimate of drug-likeness (QED) is 0.0344. The molecule has 0 saturated heterocycles. The van der Waals surface area contributed by atoms with Gasteiger partial charge in [-0.15, -0.1) is 8.61 Å². The van der Waals surface area contributed by atoms with Crippen LogP contribution in [0.25, 0.3) is 0 Å². The summed E-state index contributed by atoms with van der Waals surface area (Å²) in [6.07, 6.45) is -39.6.